The standard InChI is InChI=1S/C21H25FN2O3/c1-15(24(16(2)25)14-18-4-8-19(22)9-5-18)21(26)23-13-12-17-6-10-20(27-3)11-7-17/h4-11,15H,12-14H2,1-3H3,(H,23,26)/t15-/m0/s1. The van der Waals surface area contributed by atoms with Crippen LogP contribution in [-0.2, 0) is 22.6 Å². The normalized spacial score (nSPS) is 11.6. The Bertz CT molecular complexity index is 760. The number of hydrogen-bond donors (Lipinski definition) is 1. The van der Waals surface area contributed by atoms with Crippen LogP contribution in [0, 0.1) is 5.82 Å². The highest BCUT2D eigenvalue weighted by Crippen LogP contribution is 2.12. The monoisotopic (exact) mass is 372 g/mol. The van der Waals surface area contributed by atoms with E-state index < -0.39 is 6.04 Å². The number of benzene rings is 2. The van der Waals surface area contributed by atoms with Crippen LogP contribution < -0.4 is 10.1 Å². The number of carbonyl (C=O) groups is 2. The van der Waals surface area contributed by atoms with Gasteiger partial charge in [-0.1, -0.05) is 24.3 Å². The number of halogens is 1. The Balaban J connectivity index is 1.89. The number of rotatable bonds is 8. The molecule has 0 aliphatic carbocycles. The van der Waals surface area contributed by atoms with Crippen molar-refractivity contribution < 1.29 is 18.7 Å². The minimum Gasteiger partial charge on any atom is -0.497 e. The lowest BCUT2D eigenvalue weighted by molar-refractivity contribution is -0.138. The van der Waals surface area contributed by atoms with E-state index in [1.165, 1.54) is 24.0 Å². The molecular formula is C21H25FN2O3. The lowest BCUT2D eigenvalue weighted by atomic mass is 10.1. The number of ether oxygens (including phenoxy) is 1. The third kappa shape index (κ3) is 6.09. The zero-order valence-corrected chi connectivity index (χ0v) is 15.9. The van der Waals surface area contributed by atoms with Crippen LogP contribution in [0.3, 0.4) is 0 Å². The van der Waals surface area contributed by atoms with Gasteiger partial charge in [0.15, 0.2) is 0 Å². The number of nitrogens with zero attached hydrogens (tertiary/aromatic N) is 1. The molecule has 0 fully saturated rings. The zero-order valence-electron chi connectivity index (χ0n) is 15.9. The fourth-order valence-electron chi connectivity index (χ4n) is 2.72. The molecule has 1 N–H and O–H groups in total. The maximum Gasteiger partial charge on any atom is 0.242 e. The van der Waals surface area contributed by atoms with Crippen LogP contribution >= 0.6 is 0 Å². The van der Waals surface area contributed by atoms with Gasteiger partial charge in [-0.25, -0.2) is 4.39 Å². The minimum atomic E-state index is -0.622. The van der Waals surface area contributed by atoms with E-state index in [0.29, 0.717) is 13.0 Å². The van der Waals surface area contributed by atoms with Gasteiger partial charge in [0.2, 0.25) is 11.8 Å². The zero-order chi connectivity index (χ0) is 19.8. The van der Waals surface area contributed by atoms with Crippen LogP contribution in [-0.4, -0.2) is 36.4 Å². The van der Waals surface area contributed by atoms with Crippen molar-refractivity contribution in [1.82, 2.24) is 10.2 Å². The van der Waals surface area contributed by atoms with E-state index in [-0.39, 0.29) is 24.2 Å². The van der Waals surface area contributed by atoms with Gasteiger partial charge in [-0.05, 0) is 48.7 Å². The summed E-state index contributed by atoms with van der Waals surface area (Å²) in [6.45, 7) is 3.83. The van der Waals surface area contributed by atoms with E-state index in [9.17, 15) is 14.0 Å². The summed E-state index contributed by atoms with van der Waals surface area (Å²) in [6, 6.07) is 12.9. The van der Waals surface area contributed by atoms with Crippen molar-refractivity contribution in [3.8, 4) is 5.75 Å². The lowest BCUT2D eigenvalue weighted by Gasteiger charge is -2.27. The second kappa shape index (κ2) is 9.71. The van der Waals surface area contributed by atoms with Gasteiger partial charge in [-0.2, -0.15) is 0 Å². The highest BCUT2D eigenvalue weighted by Gasteiger charge is 2.23. The lowest BCUT2D eigenvalue weighted by Crippen LogP contribution is -2.47. The van der Waals surface area contributed by atoms with E-state index in [1.807, 2.05) is 24.3 Å². The van der Waals surface area contributed by atoms with Crippen LogP contribution in [0.15, 0.2) is 48.5 Å². The average Bonchev–Trinajstić information content (AvgIpc) is 2.67. The molecule has 27 heavy (non-hydrogen) atoms. The summed E-state index contributed by atoms with van der Waals surface area (Å²) in [5.74, 6) is 0.0182. The van der Waals surface area contributed by atoms with E-state index >= 15 is 0 Å². The molecule has 2 amide bonds. The van der Waals surface area contributed by atoms with Gasteiger partial charge in [0.1, 0.15) is 17.6 Å². The highest BCUT2D eigenvalue weighted by molar-refractivity contribution is 5.86. The van der Waals surface area contributed by atoms with Gasteiger partial charge in [0.05, 0.1) is 7.11 Å². The largest absolute Gasteiger partial charge is 0.497 e. The molecule has 0 saturated carbocycles. The Morgan fingerprint density at radius 3 is 2.22 bits per heavy atom. The molecule has 0 bridgehead atoms. The first-order valence-corrected chi connectivity index (χ1v) is 8.83. The van der Waals surface area contributed by atoms with Crippen molar-refractivity contribution in [2.45, 2.75) is 32.9 Å². The van der Waals surface area contributed by atoms with Crippen molar-refractivity contribution in [3.63, 3.8) is 0 Å². The second-order valence-corrected chi connectivity index (χ2v) is 6.34. The number of methoxy groups -OCH3 is 1. The fraction of sp³-hybridized carbons (Fsp3) is 0.333. The Morgan fingerprint density at radius 1 is 1.07 bits per heavy atom. The number of nitrogens with one attached hydrogen (secondary N) is 1. The van der Waals surface area contributed by atoms with Gasteiger partial charge >= 0.3 is 0 Å². The molecule has 0 unspecified atom stereocenters. The highest BCUT2D eigenvalue weighted by atomic mass is 19.1. The molecule has 0 aliphatic rings. The summed E-state index contributed by atoms with van der Waals surface area (Å²) in [5.41, 5.74) is 1.85. The molecule has 2 aromatic rings. The first-order chi connectivity index (χ1) is 12.9. The summed E-state index contributed by atoms with van der Waals surface area (Å²) in [5, 5.41) is 2.87. The van der Waals surface area contributed by atoms with Crippen molar-refractivity contribution >= 4 is 11.8 Å². The Hall–Kier alpha value is -2.89. The molecule has 0 aromatic heterocycles. The maximum atomic E-state index is 13.0. The molecule has 1 atom stereocenters. The van der Waals surface area contributed by atoms with E-state index in [0.717, 1.165) is 16.9 Å². The molecule has 2 rings (SSSR count). The van der Waals surface area contributed by atoms with Crippen LogP contribution in [0.4, 0.5) is 4.39 Å². The van der Waals surface area contributed by atoms with E-state index in [2.05, 4.69) is 5.32 Å². The van der Waals surface area contributed by atoms with E-state index in [4.69, 9.17) is 4.74 Å². The van der Waals surface area contributed by atoms with E-state index in [1.54, 1.807) is 26.2 Å². The molecule has 0 heterocycles. The molecule has 0 spiro atoms. The Labute approximate surface area is 159 Å². The third-order valence-corrected chi connectivity index (χ3v) is 4.39. The van der Waals surface area contributed by atoms with Crippen LogP contribution in [0.25, 0.3) is 0 Å². The molecule has 144 valence electrons. The fourth-order valence-corrected chi connectivity index (χ4v) is 2.72. The second-order valence-electron chi connectivity index (χ2n) is 6.34. The maximum absolute atomic E-state index is 13.0. The molecule has 0 aliphatic heterocycles. The number of hydrogen-bond acceptors (Lipinski definition) is 3. The molecule has 0 radical (unpaired) electrons. The van der Waals surface area contributed by atoms with Crippen molar-refractivity contribution in [2.75, 3.05) is 13.7 Å². The Morgan fingerprint density at radius 2 is 1.67 bits per heavy atom. The summed E-state index contributed by atoms with van der Waals surface area (Å²) in [7, 11) is 1.61. The smallest absolute Gasteiger partial charge is 0.242 e. The van der Waals surface area contributed by atoms with Crippen LogP contribution in [0.1, 0.15) is 25.0 Å². The van der Waals surface area contributed by atoms with Gasteiger partial charge in [-0.15, -0.1) is 0 Å². The van der Waals surface area contributed by atoms with Gasteiger partial charge < -0.3 is 15.0 Å². The predicted octanol–water partition coefficient (Wildman–Crippen LogP) is 2.93. The number of amides is 2. The van der Waals surface area contributed by atoms with Gasteiger partial charge in [0, 0.05) is 20.0 Å². The predicted molar refractivity (Wildman–Crippen MR) is 102 cm³/mol. The minimum absolute atomic E-state index is 0.211. The van der Waals surface area contributed by atoms with Crippen molar-refractivity contribution in [3.05, 3.63) is 65.5 Å². The van der Waals surface area contributed by atoms with Crippen molar-refractivity contribution in [1.29, 1.82) is 0 Å². The summed E-state index contributed by atoms with van der Waals surface area (Å²) < 4.78 is 18.2. The van der Waals surface area contributed by atoms with Crippen LogP contribution in [0.2, 0.25) is 0 Å². The topological polar surface area (TPSA) is 58.6 Å². The molecule has 6 heteroatoms. The first kappa shape index (κ1) is 20.4. The van der Waals surface area contributed by atoms with Gasteiger partial charge in [-0.3, -0.25) is 9.59 Å². The summed E-state index contributed by atoms with van der Waals surface area (Å²) in [4.78, 5) is 25.9. The van der Waals surface area contributed by atoms with Gasteiger partial charge in [0.25, 0.3) is 0 Å². The van der Waals surface area contributed by atoms with Crippen molar-refractivity contribution in [2.24, 2.45) is 0 Å². The summed E-state index contributed by atoms with van der Waals surface area (Å²) >= 11 is 0. The van der Waals surface area contributed by atoms with Crippen LogP contribution in [0.5, 0.6) is 5.75 Å². The molecular weight excluding hydrogens is 347 g/mol. The molecule has 0 saturated heterocycles. The molecule has 2 aromatic carbocycles. The number of carbonyl (C=O) groups excluding carboxylic acids is 2. The first-order valence-electron chi connectivity index (χ1n) is 8.83. The SMILES string of the molecule is COc1ccc(CCNC(=O)[C@H](C)N(Cc2ccc(F)cc2)C(C)=O)cc1. The quantitative estimate of drug-likeness (QED) is 0.775. The average molecular weight is 372 g/mol. The molecule has 5 nitrogen and oxygen atoms in total. The third-order valence-electron chi connectivity index (χ3n) is 4.39. The Kier molecular flexibility index (Phi) is 7.34. The summed E-state index contributed by atoms with van der Waals surface area (Å²) in [6.07, 6.45) is 0.681.